The van der Waals surface area contributed by atoms with E-state index in [-0.39, 0.29) is 22.7 Å². The molecule has 0 unspecified atom stereocenters. The fourth-order valence-electron chi connectivity index (χ4n) is 2.68. The van der Waals surface area contributed by atoms with Crippen molar-refractivity contribution in [2.45, 2.75) is 27.0 Å². The third-order valence-electron chi connectivity index (χ3n) is 3.73. The second-order valence-electron chi connectivity index (χ2n) is 5.42. The van der Waals surface area contributed by atoms with Crippen molar-refractivity contribution in [2.24, 2.45) is 0 Å². The molecule has 0 N–H and O–H groups in total. The van der Waals surface area contributed by atoms with E-state index in [2.05, 4.69) is 4.98 Å². The third-order valence-corrected chi connectivity index (χ3v) is 3.73. The molecule has 0 aliphatic carbocycles. The first kappa shape index (κ1) is 16.8. The molecule has 6 nitrogen and oxygen atoms in total. The van der Waals surface area contributed by atoms with E-state index in [0.29, 0.717) is 15.6 Å². The molecule has 0 fully saturated rings. The molecular weight excluding hydrogens is 334 g/mol. The predicted octanol–water partition coefficient (Wildman–Crippen LogP) is 3.36. The van der Waals surface area contributed by atoms with Crippen molar-refractivity contribution in [3.05, 3.63) is 63.5 Å². The molecule has 2 aromatic heterocycles. The molecule has 0 atom stereocenters. The van der Waals surface area contributed by atoms with Gasteiger partial charge in [0.05, 0.1) is 11.0 Å². The number of imidazole rings is 1. The average molecular weight is 348 g/mol. The highest BCUT2D eigenvalue weighted by Crippen LogP contribution is 2.24. The molecule has 8 heteroatoms. The lowest BCUT2D eigenvalue weighted by molar-refractivity contribution is 0.0383. The molecule has 0 amide bonds. The lowest BCUT2D eigenvalue weighted by atomic mass is 10.1. The Kier molecular flexibility index (Phi) is 4.35. The van der Waals surface area contributed by atoms with Gasteiger partial charge in [0.15, 0.2) is 5.82 Å². The van der Waals surface area contributed by atoms with Crippen LogP contribution in [0.2, 0.25) is 0 Å². The van der Waals surface area contributed by atoms with Crippen LogP contribution in [0.3, 0.4) is 0 Å². The summed E-state index contributed by atoms with van der Waals surface area (Å²) in [5, 5.41) is 0. The fraction of sp³-hybridized carbons (Fsp3) is 0.235. The van der Waals surface area contributed by atoms with E-state index in [1.54, 1.807) is 25.1 Å². The minimum Gasteiger partial charge on any atom is -0.454 e. The summed E-state index contributed by atoms with van der Waals surface area (Å²) in [6, 6.07) is 7.58. The van der Waals surface area contributed by atoms with Crippen molar-refractivity contribution in [2.75, 3.05) is 0 Å². The fourth-order valence-corrected chi connectivity index (χ4v) is 2.68. The normalized spacial score (nSPS) is 11.2. The number of alkyl halides is 2. The van der Waals surface area contributed by atoms with Gasteiger partial charge < -0.3 is 9.15 Å². The van der Waals surface area contributed by atoms with Crippen molar-refractivity contribution < 1.29 is 22.7 Å². The number of benzene rings is 1. The van der Waals surface area contributed by atoms with E-state index in [9.17, 15) is 18.4 Å². The Morgan fingerprint density at radius 1 is 1.32 bits per heavy atom. The first-order chi connectivity index (χ1) is 11.9. The highest BCUT2D eigenvalue weighted by Gasteiger charge is 2.21. The average Bonchev–Trinajstić information content (AvgIpc) is 2.90. The standard InChI is InChI=1S/C17H14F2N2O4/c1-9-7-14(22)25-10(2)15(9)16(23)24-8-13-20-11-5-3-4-6-12(11)21(13)17(18)19/h3-7,17H,8H2,1-2H3. The first-order valence-electron chi connectivity index (χ1n) is 7.41. The summed E-state index contributed by atoms with van der Waals surface area (Å²) >= 11 is 0. The number of esters is 1. The Morgan fingerprint density at radius 2 is 2.04 bits per heavy atom. The second kappa shape index (κ2) is 6.46. The predicted molar refractivity (Wildman–Crippen MR) is 84.6 cm³/mol. The van der Waals surface area contributed by atoms with E-state index in [1.807, 2.05) is 0 Å². The van der Waals surface area contributed by atoms with Crippen LogP contribution in [0, 0.1) is 13.8 Å². The van der Waals surface area contributed by atoms with E-state index in [0.717, 1.165) is 6.07 Å². The highest BCUT2D eigenvalue weighted by molar-refractivity contribution is 5.91. The van der Waals surface area contributed by atoms with Crippen LogP contribution in [0.15, 0.2) is 39.5 Å². The Morgan fingerprint density at radius 3 is 2.72 bits per heavy atom. The number of hydrogen-bond donors (Lipinski definition) is 0. The summed E-state index contributed by atoms with van der Waals surface area (Å²) in [6.07, 6.45) is 0. The number of rotatable bonds is 4. The van der Waals surface area contributed by atoms with Gasteiger partial charge in [-0.05, 0) is 31.5 Å². The summed E-state index contributed by atoms with van der Waals surface area (Å²) < 4.78 is 37.4. The number of para-hydroxylation sites is 2. The summed E-state index contributed by atoms with van der Waals surface area (Å²) in [5.41, 5.74) is 0.542. The van der Waals surface area contributed by atoms with Crippen molar-refractivity contribution in [3.63, 3.8) is 0 Å². The molecule has 0 saturated carbocycles. The molecule has 25 heavy (non-hydrogen) atoms. The van der Waals surface area contributed by atoms with Crippen molar-refractivity contribution in [3.8, 4) is 0 Å². The second-order valence-corrected chi connectivity index (χ2v) is 5.42. The molecule has 1 aromatic carbocycles. The van der Waals surface area contributed by atoms with Crippen LogP contribution in [0.4, 0.5) is 8.78 Å². The van der Waals surface area contributed by atoms with Gasteiger partial charge >= 0.3 is 18.1 Å². The molecule has 0 saturated heterocycles. The number of nitrogens with zero attached hydrogens (tertiary/aromatic N) is 2. The zero-order valence-corrected chi connectivity index (χ0v) is 13.5. The number of carbonyl (C=O) groups is 1. The number of aryl methyl sites for hydroxylation is 2. The first-order valence-corrected chi connectivity index (χ1v) is 7.41. The lowest BCUT2D eigenvalue weighted by Crippen LogP contribution is -2.14. The molecule has 0 aliphatic rings. The Hall–Kier alpha value is -3.03. The molecule has 2 heterocycles. The Labute approximate surface area is 140 Å². The molecule has 0 aliphatic heterocycles. The van der Waals surface area contributed by atoms with Gasteiger partial charge in [0.2, 0.25) is 0 Å². The zero-order chi connectivity index (χ0) is 18.1. The minimum absolute atomic E-state index is 0.0720. The van der Waals surface area contributed by atoms with Crippen LogP contribution < -0.4 is 5.63 Å². The summed E-state index contributed by atoms with van der Waals surface area (Å²) in [4.78, 5) is 27.6. The highest BCUT2D eigenvalue weighted by atomic mass is 19.3. The maximum atomic E-state index is 13.3. The number of halogens is 2. The third kappa shape index (κ3) is 3.15. The molecular formula is C17H14F2N2O4. The monoisotopic (exact) mass is 348 g/mol. The van der Waals surface area contributed by atoms with Crippen LogP contribution in [0.1, 0.15) is 34.1 Å². The van der Waals surface area contributed by atoms with Gasteiger partial charge in [-0.3, -0.25) is 4.57 Å². The maximum absolute atomic E-state index is 13.3. The van der Waals surface area contributed by atoms with E-state index in [1.165, 1.54) is 13.0 Å². The minimum atomic E-state index is -2.82. The summed E-state index contributed by atoms with van der Waals surface area (Å²) in [5.74, 6) is -0.735. The van der Waals surface area contributed by atoms with Gasteiger partial charge in [0.25, 0.3) is 0 Å². The number of ether oxygens (including phenoxy) is 1. The quantitative estimate of drug-likeness (QED) is 0.676. The van der Waals surface area contributed by atoms with Gasteiger partial charge in [-0.25, -0.2) is 14.6 Å². The number of hydrogen-bond acceptors (Lipinski definition) is 5. The van der Waals surface area contributed by atoms with Crippen LogP contribution >= 0.6 is 0 Å². The number of fused-ring (bicyclic) bond motifs is 1. The molecule has 0 spiro atoms. The molecule has 3 rings (SSSR count). The van der Waals surface area contributed by atoms with E-state index < -0.39 is 24.8 Å². The van der Waals surface area contributed by atoms with Crippen LogP contribution in [-0.2, 0) is 11.3 Å². The van der Waals surface area contributed by atoms with Crippen LogP contribution in [-0.4, -0.2) is 15.5 Å². The summed E-state index contributed by atoms with van der Waals surface area (Å²) in [6.45, 7) is -0.233. The SMILES string of the molecule is Cc1cc(=O)oc(C)c1C(=O)OCc1nc2ccccc2n1C(F)F. The van der Waals surface area contributed by atoms with Crippen LogP contribution in [0.5, 0.6) is 0 Å². The Balaban J connectivity index is 1.89. The number of aromatic nitrogens is 2. The number of carbonyl (C=O) groups excluding carboxylic acids is 1. The lowest BCUT2D eigenvalue weighted by Gasteiger charge is -2.10. The van der Waals surface area contributed by atoms with Crippen LogP contribution in [0.25, 0.3) is 11.0 Å². The molecule has 130 valence electrons. The van der Waals surface area contributed by atoms with E-state index >= 15 is 0 Å². The Bertz CT molecular complexity index is 981. The molecule has 0 bridgehead atoms. The van der Waals surface area contributed by atoms with Crippen molar-refractivity contribution in [1.82, 2.24) is 9.55 Å². The molecule has 0 radical (unpaired) electrons. The largest absolute Gasteiger partial charge is 0.454 e. The van der Waals surface area contributed by atoms with Gasteiger partial charge in [-0.2, -0.15) is 8.78 Å². The maximum Gasteiger partial charge on any atom is 0.342 e. The summed E-state index contributed by atoms with van der Waals surface area (Å²) in [7, 11) is 0. The molecule has 3 aromatic rings. The van der Waals surface area contributed by atoms with Gasteiger partial charge in [-0.15, -0.1) is 0 Å². The van der Waals surface area contributed by atoms with Gasteiger partial charge in [0.1, 0.15) is 17.9 Å². The van der Waals surface area contributed by atoms with Crippen molar-refractivity contribution in [1.29, 1.82) is 0 Å². The van der Waals surface area contributed by atoms with E-state index in [4.69, 9.17) is 9.15 Å². The topological polar surface area (TPSA) is 74.3 Å². The van der Waals surface area contributed by atoms with Gasteiger partial charge in [0, 0.05) is 6.07 Å². The van der Waals surface area contributed by atoms with Crippen molar-refractivity contribution >= 4 is 17.0 Å². The zero-order valence-electron chi connectivity index (χ0n) is 13.5. The smallest absolute Gasteiger partial charge is 0.342 e. The van der Waals surface area contributed by atoms with Gasteiger partial charge in [-0.1, -0.05) is 12.1 Å².